The van der Waals surface area contributed by atoms with Crippen LogP contribution in [0.25, 0.3) is 0 Å². The first-order valence-corrected chi connectivity index (χ1v) is 4.15. The highest BCUT2D eigenvalue weighted by atomic mass is 79.9. The van der Waals surface area contributed by atoms with Gasteiger partial charge in [-0.2, -0.15) is 0 Å². The third-order valence-corrected chi connectivity index (χ3v) is 2.21. The van der Waals surface area contributed by atoms with Crippen LogP contribution in [0.4, 0.5) is 4.39 Å². The molecule has 0 spiro atoms. The van der Waals surface area contributed by atoms with Crippen molar-refractivity contribution in [1.29, 1.82) is 0 Å². The van der Waals surface area contributed by atoms with E-state index in [0.29, 0.717) is 0 Å². The lowest BCUT2D eigenvalue weighted by Crippen LogP contribution is -1.89. The van der Waals surface area contributed by atoms with Crippen LogP contribution in [-0.4, -0.2) is 11.2 Å². The van der Waals surface area contributed by atoms with Crippen molar-refractivity contribution in [2.75, 3.05) is 0 Å². The second-order valence-corrected chi connectivity index (χ2v) is 3.07. The number of nitrogens with zero attached hydrogens (tertiary/aromatic N) is 1. The molecule has 1 N–H and O–H groups in total. The van der Waals surface area contributed by atoms with E-state index >= 15 is 0 Å². The molecule has 0 radical (unpaired) electrons. The largest absolute Gasteiger partial charge is 0.507 e. The summed E-state index contributed by atoms with van der Waals surface area (Å²) >= 11 is 2.86. The monoisotopic (exact) mass is 245 g/mol. The molecule has 0 aliphatic carbocycles. The van der Waals surface area contributed by atoms with E-state index in [1.54, 1.807) is 0 Å². The number of hydrogen-bond donors (Lipinski definition) is 1. The molecule has 0 bridgehead atoms. The van der Waals surface area contributed by atoms with Crippen LogP contribution in [0, 0.1) is 5.82 Å². The van der Waals surface area contributed by atoms with Gasteiger partial charge >= 0.3 is 0 Å². The van der Waals surface area contributed by atoms with Gasteiger partial charge in [0.1, 0.15) is 11.6 Å². The standard InChI is InChI=1S/C8H5BrFNO2/c9-7-6(13)2-1-5(8(7)10)3-11-4-12/h1-2,13H,3H2. The van der Waals surface area contributed by atoms with E-state index in [-0.39, 0.29) is 22.3 Å². The van der Waals surface area contributed by atoms with Crippen LogP contribution >= 0.6 is 15.9 Å². The van der Waals surface area contributed by atoms with Crippen molar-refractivity contribution in [2.24, 2.45) is 4.99 Å². The van der Waals surface area contributed by atoms with Crippen molar-refractivity contribution in [2.45, 2.75) is 6.54 Å². The fourth-order valence-electron chi connectivity index (χ4n) is 0.819. The van der Waals surface area contributed by atoms with E-state index in [2.05, 4.69) is 20.9 Å². The number of aliphatic imine (C=N–C) groups is 1. The molecule has 0 saturated carbocycles. The van der Waals surface area contributed by atoms with Gasteiger partial charge in [0.05, 0.1) is 11.0 Å². The van der Waals surface area contributed by atoms with Crippen molar-refractivity contribution >= 4 is 22.0 Å². The number of carbonyl (C=O) groups excluding carboxylic acids is 1. The van der Waals surface area contributed by atoms with Crippen molar-refractivity contribution in [3.05, 3.63) is 28.0 Å². The highest BCUT2D eigenvalue weighted by Crippen LogP contribution is 2.28. The molecule has 0 atom stereocenters. The summed E-state index contributed by atoms with van der Waals surface area (Å²) in [6.07, 6.45) is 1.31. The molecule has 1 rings (SSSR count). The normalized spacial score (nSPS) is 9.38. The van der Waals surface area contributed by atoms with Crippen molar-refractivity contribution < 1.29 is 14.3 Å². The molecular formula is C8H5BrFNO2. The van der Waals surface area contributed by atoms with Crippen LogP contribution < -0.4 is 0 Å². The molecule has 5 heteroatoms. The summed E-state index contributed by atoms with van der Waals surface area (Å²) < 4.78 is 13.2. The molecule has 0 aliphatic heterocycles. The van der Waals surface area contributed by atoms with Gasteiger partial charge in [-0.25, -0.2) is 14.2 Å². The molecule has 1 aromatic rings. The lowest BCUT2D eigenvalue weighted by atomic mass is 10.2. The SMILES string of the molecule is O=C=NCc1ccc(O)c(Br)c1F. The Kier molecular flexibility index (Phi) is 3.17. The van der Waals surface area contributed by atoms with Gasteiger partial charge in [-0.3, -0.25) is 0 Å². The predicted octanol–water partition coefficient (Wildman–Crippen LogP) is 2.13. The number of phenols is 1. The molecule has 1 aromatic carbocycles. The number of halogens is 2. The molecule has 0 heterocycles. The molecule has 0 amide bonds. The maximum Gasteiger partial charge on any atom is 0.235 e. The van der Waals surface area contributed by atoms with E-state index in [4.69, 9.17) is 5.11 Å². The quantitative estimate of drug-likeness (QED) is 0.641. The zero-order valence-corrected chi connectivity index (χ0v) is 8.01. The molecule has 13 heavy (non-hydrogen) atoms. The van der Waals surface area contributed by atoms with E-state index in [1.807, 2.05) is 0 Å². The first-order valence-electron chi connectivity index (χ1n) is 3.36. The maximum atomic E-state index is 13.2. The fraction of sp³-hybridized carbons (Fsp3) is 0.125. The van der Waals surface area contributed by atoms with Gasteiger partial charge in [-0.15, -0.1) is 0 Å². The Bertz CT molecular complexity index is 375. The number of rotatable bonds is 2. The van der Waals surface area contributed by atoms with Crippen molar-refractivity contribution in [1.82, 2.24) is 0 Å². The van der Waals surface area contributed by atoms with E-state index < -0.39 is 5.82 Å². The molecule has 0 aliphatic rings. The number of hydrogen-bond acceptors (Lipinski definition) is 3. The Hall–Kier alpha value is -1.19. The van der Waals surface area contributed by atoms with Crippen LogP contribution in [0.1, 0.15) is 5.56 Å². The fourth-order valence-corrected chi connectivity index (χ4v) is 1.21. The van der Waals surface area contributed by atoms with Crippen LogP contribution in [-0.2, 0) is 11.3 Å². The third-order valence-electron chi connectivity index (χ3n) is 1.46. The lowest BCUT2D eigenvalue weighted by molar-refractivity contribution is 0.462. The smallest absolute Gasteiger partial charge is 0.235 e. The predicted molar refractivity (Wildman–Crippen MR) is 47.6 cm³/mol. The number of phenolic OH excluding ortho intramolecular Hbond substituents is 1. The summed E-state index contributed by atoms with van der Waals surface area (Å²) in [6, 6.07) is 2.68. The summed E-state index contributed by atoms with van der Waals surface area (Å²) in [7, 11) is 0. The van der Waals surface area contributed by atoms with Crippen molar-refractivity contribution in [3.8, 4) is 5.75 Å². The zero-order valence-electron chi connectivity index (χ0n) is 6.42. The third kappa shape index (κ3) is 2.14. The number of aromatic hydroxyl groups is 1. The molecule has 68 valence electrons. The molecule has 0 fully saturated rings. The van der Waals surface area contributed by atoms with E-state index in [1.165, 1.54) is 18.2 Å². The van der Waals surface area contributed by atoms with Gasteiger partial charge in [0.15, 0.2) is 0 Å². The molecule has 0 aromatic heterocycles. The summed E-state index contributed by atoms with van der Waals surface area (Å²) in [5.74, 6) is -0.796. The van der Waals surface area contributed by atoms with E-state index in [0.717, 1.165) is 0 Å². The van der Waals surface area contributed by atoms with Gasteiger partial charge in [0.25, 0.3) is 0 Å². The second kappa shape index (κ2) is 4.16. The Balaban J connectivity index is 3.10. The van der Waals surface area contributed by atoms with Gasteiger partial charge in [0, 0.05) is 5.56 Å². The van der Waals surface area contributed by atoms with Gasteiger partial charge < -0.3 is 5.11 Å². The lowest BCUT2D eigenvalue weighted by Gasteiger charge is -2.02. The Morgan fingerprint density at radius 2 is 2.31 bits per heavy atom. The van der Waals surface area contributed by atoms with Crippen LogP contribution in [0.15, 0.2) is 21.6 Å². The second-order valence-electron chi connectivity index (χ2n) is 2.28. The minimum Gasteiger partial charge on any atom is -0.507 e. The summed E-state index contributed by atoms with van der Waals surface area (Å²) in [6.45, 7) is -0.0752. The zero-order chi connectivity index (χ0) is 9.84. The van der Waals surface area contributed by atoms with Crippen LogP contribution in [0.2, 0.25) is 0 Å². The molecule has 0 saturated heterocycles. The minimum absolute atomic E-state index is 0.0221. The highest BCUT2D eigenvalue weighted by molar-refractivity contribution is 9.10. The van der Waals surface area contributed by atoms with Crippen LogP contribution in [0.5, 0.6) is 5.75 Å². The number of isocyanates is 1. The van der Waals surface area contributed by atoms with Crippen molar-refractivity contribution in [3.63, 3.8) is 0 Å². The average molecular weight is 246 g/mol. The summed E-state index contributed by atoms with van der Waals surface area (Å²) in [4.78, 5) is 13.0. The number of benzene rings is 1. The van der Waals surface area contributed by atoms with E-state index in [9.17, 15) is 9.18 Å². The van der Waals surface area contributed by atoms with Gasteiger partial charge in [-0.05, 0) is 22.0 Å². The summed E-state index contributed by atoms with van der Waals surface area (Å²) in [5.41, 5.74) is 0.230. The maximum absolute atomic E-state index is 13.2. The van der Waals surface area contributed by atoms with Crippen LogP contribution in [0.3, 0.4) is 0 Å². The first kappa shape index (κ1) is 9.89. The average Bonchev–Trinajstić information content (AvgIpc) is 2.13. The topological polar surface area (TPSA) is 49.7 Å². The Labute approximate surface area is 82.0 Å². The van der Waals surface area contributed by atoms with Gasteiger partial charge in [-0.1, -0.05) is 6.07 Å². The molecule has 0 unspecified atom stereocenters. The Morgan fingerprint density at radius 1 is 1.62 bits per heavy atom. The van der Waals surface area contributed by atoms with Gasteiger partial charge in [0.2, 0.25) is 6.08 Å². The first-order chi connectivity index (χ1) is 6.16. The molecule has 3 nitrogen and oxygen atoms in total. The highest BCUT2D eigenvalue weighted by Gasteiger charge is 2.09. The Morgan fingerprint density at radius 3 is 2.92 bits per heavy atom. The molecular weight excluding hydrogens is 241 g/mol. The summed E-state index contributed by atoms with van der Waals surface area (Å²) in [5, 5.41) is 9.06. The minimum atomic E-state index is -0.612.